The Kier molecular flexibility index (Phi) is 14.2. The third-order valence-corrected chi connectivity index (χ3v) is 25.8. The van der Waals surface area contributed by atoms with Gasteiger partial charge in [0.25, 0.3) is 0 Å². The van der Waals surface area contributed by atoms with Gasteiger partial charge in [-0.1, -0.05) is 191 Å². The standard InChI is InChI=1S/C64H42O6S9/c65-29-31-69-59-43(39-13-9-25-55-61(39)75-51-21-5-1-17-47(51)71-55)33-37(34-44(59)40-14-10-26-56-62(40)76-52-22-6-2-18-48(52)72-56)79(67,68)38-35-45(41-15-11-27-57-63(41)77-53-23-7-3-19-49(53)73-57)60(70-32-30-66)46(36-38)42-16-12-28-58-64(42)78-54-24-8-4-20-50(54)74-58/h1-28,33-36,65-66H,29-32H2. The van der Waals surface area contributed by atoms with Crippen LogP contribution >= 0.6 is 94.1 Å². The SMILES string of the molecule is O=S(=O)(c1cc(-c2cccc3c2Sc2ccccc2S3)c(OCCO)c(-c2cccc3c2Sc2ccccc2S3)c1)c1cc(-c2cccc3c2Sc2ccccc2S3)c(OCCO)c(-c2cccc3c2Sc2ccccc2S3)c1. The van der Waals surface area contributed by atoms with Crippen molar-refractivity contribution in [3.63, 3.8) is 0 Å². The Bertz CT molecular complexity index is 3740. The van der Waals surface area contributed by atoms with E-state index < -0.39 is 9.84 Å². The van der Waals surface area contributed by atoms with Crippen LogP contribution in [0.5, 0.6) is 11.5 Å². The van der Waals surface area contributed by atoms with Crippen molar-refractivity contribution in [2.45, 2.75) is 88.1 Å². The van der Waals surface area contributed by atoms with Gasteiger partial charge in [0, 0.05) is 123 Å². The van der Waals surface area contributed by atoms with Crippen molar-refractivity contribution in [2.75, 3.05) is 26.4 Å². The first-order valence-electron chi connectivity index (χ1n) is 25.2. The van der Waals surface area contributed by atoms with Crippen LogP contribution in [0, 0.1) is 0 Å². The van der Waals surface area contributed by atoms with Crippen LogP contribution in [-0.2, 0) is 9.84 Å². The molecule has 0 radical (unpaired) electrons. The number of fused-ring (bicyclic) bond motifs is 8. The second kappa shape index (κ2) is 21.7. The second-order valence-corrected chi connectivity index (χ2v) is 29.0. The summed E-state index contributed by atoms with van der Waals surface area (Å²) >= 11 is 13.4. The summed E-state index contributed by atoms with van der Waals surface area (Å²) in [5, 5.41) is 21.0. The molecule has 0 fully saturated rings. The van der Waals surface area contributed by atoms with Crippen molar-refractivity contribution in [1.82, 2.24) is 0 Å². The van der Waals surface area contributed by atoms with Gasteiger partial charge in [0.2, 0.25) is 9.84 Å². The lowest BCUT2D eigenvalue weighted by Crippen LogP contribution is -2.10. The maximum absolute atomic E-state index is 16.6. The zero-order valence-electron chi connectivity index (χ0n) is 41.5. The Morgan fingerprint density at radius 2 is 0.519 bits per heavy atom. The molecule has 79 heavy (non-hydrogen) atoms. The number of aliphatic hydroxyl groups excluding tert-OH is 2. The number of ether oxygens (including phenoxy) is 2. The van der Waals surface area contributed by atoms with Crippen LogP contribution in [0.4, 0.5) is 0 Å². The van der Waals surface area contributed by atoms with Gasteiger partial charge in [0.15, 0.2) is 0 Å². The van der Waals surface area contributed by atoms with Crippen molar-refractivity contribution >= 4 is 104 Å². The Balaban J connectivity index is 1.03. The van der Waals surface area contributed by atoms with Gasteiger partial charge < -0.3 is 19.7 Å². The summed E-state index contributed by atoms with van der Waals surface area (Å²) in [4.78, 5) is 17.3. The number of rotatable bonds is 12. The highest BCUT2D eigenvalue weighted by Gasteiger charge is 2.33. The first-order valence-corrected chi connectivity index (χ1v) is 33.2. The molecule has 10 aromatic carbocycles. The van der Waals surface area contributed by atoms with E-state index in [1.54, 1.807) is 118 Å². The Morgan fingerprint density at radius 1 is 0.291 bits per heavy atom. The molecule has 4 aliphatic heterocycles. The third-order valence-electron chi connectivity index (χ3n) is 13.6. The zero-order chi connectivity index (χ0) is 53.2. The van der Waals surface area contributed by atoms with Crippen molar-refractivity contribution in [3.8, 4) is 56.0 Å². The van der Waals surface area contributed by atoms with E-state index in [1.807, 2.05) is 97.1 Å². The average Bonchev–Trinajstić information content (AvgIpc) is 3.50. The molecule has 0 saturated carbocycles. The lowest BCUT2D eigenvalue weighted by molar-refractivity contribution is 0.202. The molecular weight excluding hydrogens is 1150 g/mol. The summed E-state index contributed by atoms with van der Waals surface area (Å²) in [6, 6.07) is 65.2. The molecule has 0 spiro atoms. The molecule has 0 atom stereocenters. The summed E-state index contributed by atoms with van der Waals surface area (Å²) in [6.45, 7) is -0.528. The van der Waals surface area contributed by atoms with Crippen molar-refractivity contribution < 1.29 is 28.1 Å². The van der Waals surface area contributed by atoms with E-state index in [1.165, 1.54) is 0 Å². The molecule has 14 rings (SSSR count). The number of hydrogen-bond acceptors (Lipinski definition) is 14. The molecule has 15 heteroatoms. The summed E-state index contributed by atoms with van der Waals surface area (Å²) < 4.78 is 46.8. The van der Waals surface area contributed by atoms with Crippen LogP contribution in [0.2, 0.25) is 0 Å². The number of hydrogen-bond donors (Lipinski definition) is 2. The van der Waals surface area contributed by atoms with E-state index in [-0.39, 0.29) is 36.2 Å². The van der Waals surface area contributed by atoms with E-state index in [2.05, 4.69) is 72.8 Å². The Labute approximate surface area is 492 Å². The minimum absolute atomic E-state index is 0.0159. The average molecular weight is 1200 g/mol. The first kappa shape index (κ1) is 51.6. The molecule has 0 aliphatic carbocycles. The van der Waals surface area contributed by atoms with Gasteiger partial charge >= 0.3 is 0 Å². The summed E-state index contributed by atoms with van der Waals surface area (Å²) in [7, 11) is -4.47. The van der Waals surface area contributed by atoms with Crippen LogP contribution in [-0.4, -0.2) is 45.1 Å². The fraction of sp³-hybridized carbons (Fsp3) is 0.0625. The highest BCUT2D eigenvalue weighted by Crippen LogP contribution is 2.60. The molecular formula is C64H42O6S9. The minimum Gasteiger partial charge on any atom is -0.490 e. The molecule has 388 valence electrons. The molecule has 0 amide bonds. The molecule has 0 bridgehead atoms. The van der Waals surface area contributed by atoms with E-state index in [9.17, 15) is 10.2 Å². The maximum atomic E-state index is 16.6. The van der Waals surface area contributed by atoms with Crippen LogP contribution in [0.3, 0.4) is 0 Å². The van der Waals surface area contributed by atoms with Gasteiger partial charge in [0.1, 0.15) is 24.7 Å². The zero-order valence-corrected chi connectivity index (χ0v) is 48.9. The molecule has 0 saturated heterocycles. The normalized spacial score (nSPS) is 13.6. The maximum Gasteiger partial charge on any atom is 0.206 e. The van der Waals surface area contributed by atoms with E-state index in [0.717, 1.165) is 101 Å². The number of sulfone groups is 1. The second-order valence-electron chi connectivity index (χ2n) is 18.5. The highest BCUT2D eigenvalue weighted by molar-refractivity contribution is 8.06. The quantitative estimate of drug-likeness (QED) is 0.122. The van der Waals surface area contributed by atoms with Crippen LogP contribution in [0.25, 0.3) is 44.5 Å². The largest absolute Gasteiger partial charge is 0.490 e. The molecule has 10 aromatic rings. The molecule has 0 aromatic heterocycles. The predicted molar refractivity (Wildman–Crippen MR) is 324 cm³/mol. The van der Waals surface area contributed by atoms with Crippen LogP contribution < -0.4 is 9.47 Å². The lowest BCUT2D eigenvalue weighted by atomic mass is 9.96. The monoisotopic (exact) mass is 1190 g/mol. The Hall–Kier alpha value is -5.53. The van der Waals surface area contributed by atoms with Gasteiger partial charge in [0.05, 0.1) is 23.0 Å². The molecule has 4 heterocycles. The topological polar surface area (TPSA) is 93.1 Å². The van der Waals surface area contributed by atoms with Crippen molar-refractivity contribution in [2.24, 2.45) is 0 Å². The number of aliphatic hydroxyl groups is 2. The van der Waals surface area contributed by atoms with Crippen molar-refractivity contribution in [1.29, 1.82) is 0 Å². The van der Waals surface area contributed by atoms with Crippen LogP contribution in [0.1, 0.15) is 0 Å². The molecule has 6 nitrogen and oxygen atoms in total. The van der Waals surface area contributed by atoms with E-state index >= 15 is 8.42 Å². The Morgan fingerprint density at radius 3 is 0.759 bits per heavy atom. The van der Waals surface area contributed by atoms with Gasteiger partial charge in [-0.2, -0.15) is 0 Å². The van der Waals surface area contributed by atoms with E-state index in [4.69, 9.17) is 9.47 Å². The summed E-state index contributed by atoms with van der Waals surface area (Å²) in [5.41, 5.74) is 5.65. The lowest BCUT2D eigenvalue weighted by Gasteiger charge is -2.26. The van der Waals surface area contributed by atoms with Gasteiger partial charge in [-0.3, -0.25) is 0 Å². The van der Waals surface area contributed by atoms with Crippen LogP contribution in [0.15, 0.2) is 282 Å². The highest BCUT2D eigenvalue weighted by atomic mass is 32.2. The van der Waals surface area contributed by atoms with Gasteiger partial charge in [-0.05, 0) is 97.1 Å². The fourth-order valence-corrected chi connectivity index (χ4v) is 21.0. The molecule has 0 unspecified atom stereocenters. The fourth-order valence-electron chi connectivity index (χ4n) is 10.1. The smallest absolute Gasteiger partial charge is 0.206 e. The molecule has 4 aliphatic rings. The third kappa shape index (κ3) is 9.52. The summed E-state index contributed by atoms with van der Waals surface area (Å²) in [6.07, 6.45) is 0. The summed E-state index contributed by atoms with van der Waals surface area (Å²) in [5.74, 6) is 0.962. The van der Waals surface area contributed by atoms with E-state index in [0.29, 0.717) is 33.8 Å². The first-order chi connectivity index (χ1) is 38.8. The van der Waals surface area contributed by atoms with Gasteiger partial charge in [-0.15, -0.1) is 0 Å². The predicted octanol–water partition coefficient (Wildman–Crippen LogP) is 18.4. The van der Waals surface area contributed by atoms with Gasteiger partial charge in [-0.25, -0.2) is 8.42 Å². The number of benzene rings is 10. The van der Waals surface area contributed by atoms with Crippen molar-refractivity contribution in [3.05, 3.63) is 194 Å². The minimum atomic E-state index is -4.47. The molecule has 2 N–H and O–H groups in total.